The fourth-order valence-electron chi connectivity index (χ4n) is 2.34. The topological polar surface area (TPSA) is 89.3 Å². The number of aryl methyl sites for hydroxylation is 1. The molecule has 0 fully saturated rings. The molecule has 2 aromatic carbocycles. The molecule has 24 heavy (non-hydrogen) atoms. The first-order valence-electron chi connectivity index (χ1n) is 7.91. The number of sulfone groups is 1. The maximum atomic E-state index is 12.8. The van der Waals surface area contributed by atoms with Crippen LogP contribution in [0.3, 0.4) is 0 Å². The third-order valence-electron chi connectivity index (χ3n) is 3.64. The zero-order valence-corrected chi connectivity index (χ0v) is 14.5. The Labute approximate surface area is 142 Å². The molecule has 0 saturated carbocycles. The first-order chi connectivity index (χ1) is 11.5. The van der Waals surface area contributed by atoms with E-state index < -0.39 is 9.84 Å². The van der Waals surface area contributed by atoms with Crippen molar-refractivity contribution in [2.75, 3.05) is 11.9 Å². The summed E-state index contributed by atoms with van der Waals surface area (Å²) in [7, 11) is -3.63. The van der Waals surface area contributed by atoms with E-state index in [1.807, 2.05) is 6.07 Å². The van der Waals surface area contributed by atoms with E-state index >= 15 is 0 Å². The molecule has 0 radical (unpaired) electrons. The summed E-state index contributed by atoms with van der Waals surface area (Å²) in [6.07, 6.45) is 2.93. The predicted molar refractivity (Wildman–Crippen MR) is 94.6 cm³/mol. The second-order valence-electron chi connectivity index (χ2n) is 5.53. The van der Waals surface area contributed by atoms with Gasteiger partial charge >= 0.3 is 0 Å². The molecular formula is C18H22N2O3S. The van der Waals surface area contributed by atoms with Crippen LogP contribution in [0.1, 0.15) is 25.3 Å². The van der Waals surface area contributed by atoms with Crippen molar-refractivity contribution in [1.82, 2.24) is 0 Å². The van der Waals surface area contributed by atoms with Crippen LogP contribution in [0.25, 0.3) is 0 Å². The molecule has 6 heteroatoms. The SMILES string of the molecule is CCCCc1cccc(S(=O)(=O)c2cccc(NC(=O)CN)c2)c1. The van der Waals surface area contributed by atoms with Gasteiger partial charge in [-0.25, -0.2) is 8.42 Å². The van der Waals surface area contributed by atoms with Gasteiger partial charge in [0.1, 0.15) is 0 Å². The number of rotatable bonds is 7. The minimum absolute atomic E-state index is 0.143. The van der Waals surface area contributed by atoms with E-state index in [4.69, 9.17) is 5.73 Å². The van der Waals surface area contributed by atoms with Crippen LogP contribution in [0.2, 0.25) is 0 Å². The highest BCUT2D eigenvalue weighted by Gasteiger charge is 2.18. The van der Waals surface area contributed by atoms with Crippen molar-refractivity contribution in [3.8, 4) is 0 Å². The Hall–Kier alpha value is -2.18. The van der Waals surface area contributed by atoms with Gasteiger partial charge in [-0.1, -0.05) is 31.5 Å². The summed E-state index contributed by atoms with van der Waals surface area (Å²) in [6, 6.07) is 13.2. The number of benzene rings is 2. The maximum absolute atomic E-state index is 12.8. The quantitative estimate of drug-likeness (QED) is 0.807. The standard InChI is InChI=1S/C18H22N2O3S/c1-2-3-6-14-7-4-9-16(11-14)24(22,23)17-10-5-8-15(12-17)20-18(21)13-19/h4-5,7-12H,2-3,6,13,19H2,1H3,(H,20,21). The Morgan fingerprint density at radius 2 is 1.75 bits per heavy atom. The van der Waals surface area contributed by atoms with Crippen LogP contribution in [0.5, 0.6) is 0 Å². The summed E-state index contributed by atoms with van der Waals surface area (Å²) in [6.45, 7) is 1.94. The molecular weight excluding hydrogens is 324 g/mol. The van der Waals surface area contributed by atoms with Gasteiger partial charge < -0.3 is 11.1 Å². The van der Waals surface area contributed by atoms with E-state index in [9.17, 15) is 13.2 Å². The molecule has 128 valence electrons. The van der Waals surface area contributed by atoms with Gasteiger partial charge in [0.2, 0.25) is 15.7 Å². The van der Waals surface area contributed by atoms with Crippen LogP contribution in [0.15, 0.2) is 58.3 Å². The average molecular weight is 346 g/mol. The second kappa shape index (κ2) is 8.08. The lowest BCUT2D eigenvalue weighted by Gasteiger charge is -2.09. The molecule has 0 aliphatic carbocycles. The number of carbonyl (C=O) groups is 1. The van der Waals surface area contributed by atoms with E-state index in [2.05, 4.69) is 12.2 Å². The summed E-state index contributed by atoms with van der Waals surface area (Å²) in [4.78, 5) is 11.8. The fraction of sp³-hybridized carbons (Fsp3) is 0.278. The highest BCUT2D eigenvalue weighted by Crippen LogP contribution is 2.24. The Bertz CT molecular complexity index is 817. The van der Waals surface area contributed by atoms with Crippen LogP contribution < -0.4 is 11.1 Å². The van der Waals surface area contributed by atoms with Crippen molar-refractivity contribution in [1.29, 1.82) is 0 Å². The van der Waals surface area contributed by atoms with Crippen LogP contribution >= 0.6 is 0 Å². The first kappa shape index (κ1) is 18.2. The van der Waals surface area contributed by atoms with Crippen LogP contribution in [0.4, 0.5) is 5.69 Å². The van der Waals surface area contributed by atoms with Gasteiger partial charge in [-0.15, -0.1) is 0 Å². The third-order valence-corrected chi connectivity index (χ3v) is 5.39. The molecule has 0 atom stereocenters. The van der Waals surface area contributed by atoms with Crippen LogP contribution in [0, 0.1) is 0 Å². The van der Waals surface area contributed by atoms with Crippen molar-refractivity contribution in [3.63, 3.8) is 0 Å². The number of hydrogen-bond acceptors (Lipinski definition) is 4. The van der Waals surface area contributed by atoms with Crippen molar-refractivity contribution in [2.24, 2.45) is 5.73 Å². The molecule has 0 aliphatic rings. The van der Waals surface area contributed by atoms with E-state index in [-0.39, 0.29) is 22.2 Å². The summed E-state index contributed by atoms with van der Waals surface area (Å²) in [5.74, 6) is -0.369. The van der Waals surface area contributed by atoms with E-state index in [1.54, 1.807) is 30.3 Å². The summed E-state index contributed by atoms with van der Waals surface area (Å²) in [5, 5.41) is 2.57. The lowest BCUT2D eigenvalue weighted by Crippen LogP contribution is -2.21. The number of anilines is 1. The molecule has 0 saturated heterocycles. The van der Waals surface area contributed by atoms with Gasteiger partial charge in [0.25, 0.3) is 0 Å². The Morgan fingerprint density at radius 1 is 1.08 bits per heavy atom. The largest absolute Gasteiger partial charge is 0.325 e. The molecule has 0 heterocycles. The van der Waals surface area contributed by atoms with Crippen molar-refractivity contribution < 1.29 is 13.2 Å². The number of nitrogens with two attached hydrogens (primary N) is 1. The number of hydrogen-bond donors (Lipinski definition) is 2. The zero-order valence-electron chi connectivity index (χ0n) is 13.7. The van der Waals surface area contributed by atoms with Crippen molar-refractivity contribution >= 4 is 21.4 Å². The number of nitrogens with one attached hydrogen (secondary N) is 1. The van der Waals surface area contributed by atoms with Gasteiger partial charge in [-0.3, -0.25) is 4.79 Å². The number of carbonyl (C=O) groups excluding carboxylic acids is 1. The van der Waals surface area contributed by atoms with Crippen molar-refractivity contribution in [3.05, 3.63) is 54.1 Å². The van der Waals surface area contributed by atoms with E-state index in [1.165, 1.54) is 12.1 Å². The predicted octanol–water partition coefficient (Wildman–Crippen LogP) is 2.76. The normalized spacial score (nSPS) is 11.2. The Balaban J connectivity index is 2.33. The molecule has 0 unspecified atom stereocenters. The summed E-state index contributed by atoms with van der Waals surface area (Å²) in [5.41, 5.74) is 6.68. The summed E-state index contributed by atoms with van der Waals surface area (Å²) < 4.78 is 25.7. The number of amides is 1. The zero-order chi connectivity index (χ0) is 17.6. The Morgan fingerprint density at radius 3 is 2.42 bits per heavy atom. The highest BCUT2D eigenvalue weighted by molar-refractivity contribution is 7.91. The molecule has 0 bridgehead atoms. The monoisotopic (exact) mass is 346 g/mol. The van der Waals surface area contributed by atoms with E-state index in [0.717, 1.165) is 24.8 Å². The van der Waals surface area contributed by atoms with Crippen molar-refractivity contribution in [2.45, 2.75) is 36.0 Å². The Kier molecular flexibility index (Phi) is 6.11. The van der Waals surface area contributed by atoms with E-state index in [0.29, 0.717) is 5.69 Å². The second-order valence-corrected chi connectivity index (χ2v) is 7.48. The molecule has 0 spiro atoms. The minimum Gasteiger partial charge on any atom is -0.325 e. The average Bonchev–Trinajstić information content (AvgIpc) is 2.60. The van der Waals surface area contributed by atoms with Gasteiger partial charge in [0.05, 0.1) is 16.3 Å². The van der Waals surface area contributed by atoms with Crippen LogP contribution in [-0.4, -0.2) is 20.9 Å². The molecule has 3 N–H and O–H groups in total. The van der Waals surface area contributed by atoms with Crippen LogP contribution in [-0.2, 0) is 21.1 Å². The smallest absolute Gasteiger partial charge is 0.238 e. The van der Waals surface area contributed by atoms with Gasteiger partial charge in [-0.2, -0.15) is 0 Å². The molecule has 0 aromatic heterocycles. The molecule has 2 aromatic rings. The number of unbranched alkanes of at least 4 members (excludes halogenated alkanes) is 1. The maximum Gasteiger partial charge on any atom is 0.238 e. The lowest BCUT2D eigenvalue weighted by molar-refractivity contribution is -0.114. The van der Waals surface area contributed by atoms with Gasteiger partial charge in [0, 0.05) is 5.69 Å². The molecule has 0 aliphatic heterocycles. The van der Waals surface area contributed by atoms with Gasteiger partial charge in [-0.05, 0) is 48.7 Å². The minimum atomic E-state index is -3.63. The molecule has 2 rings (SSSR count). The summed E-state index contributed by atoms with van der Waals surface area (Å²) >= 11 is 0. The van der Waals surface area contributed by atoms with Gasteiger partial charge in [0.15, 0.2) is 0 Å². The lowest BCUT2D eigenvalue weighted by atomic mass is 10.1. The highest BCUT2D eigenvalue weighted by atomic mass is 32.2. The third kappa shape index (κ3) is 4.43. The fourth-order valence-corrected chi connectivity index (χ4v) is 3.71. The first-order valence-corrected chi connectivity index (χ1v) is 9.39. The molecule has 1 amide bonds. The molecule has 5 nitrogen and oxygen atoms in total.